The fraction of sp³-hybridized carbons (Fsp3) is 0.158. The Balaban J connectivity index is 1.64. The summed E-state index contributed by atoms with van der Waals surface area (Å²) in [6, 6.07) is 15.8. The number of carbonyl (C=O) groups is 3. The summed E-state index contributed by atoms with van der Waals surface area (Å²) < 4.78 is 0. The van der Waals surface area contributed by atoms with Crippen molar-refractivity contribution >= 4 is 40.3 Å². The van der Waals surface area contributed by atoms with Crippen LogP contribution in [0.3, 0.4) is 0 Å². The first-order chi connectivity index (χ1) is 13.0. The predicted octanol–water partition coefficient (Wildman–Crippen LogP) is 2.07. The molecule has 1 aliphatic rings. The average molecular weight is 382 g/mol. The zero-order valence-electron chi connectivity index (χ0n) is 14.3. The minimum atomic E-state index is -0.617. The van der Waals surface area contributed by atoms with Crippen LogP contribution < -0.4 is 16.4 Å². The Morgan fingerprint density at radius 3 is 2.59 bits per heavy atom. The smallest absolute Gasteiger partial charge is 0.250 e. The van der Waals surface area contributed by atoms with Crippen LogP contribution in [0.5, 0.6) is 0 Å². The summed E-state index contributed by atoms with van der Waals surface area (Å²) in [5, 5.41) is 5.74. The van der Waals surface area contributed by atoms with E-state index in [1.807, 2.05) is 30.3 Å². The van der Waals surface area contributed by atoms with Gasteiger partial charge in [0.1, 0.15) is 0 Å². The molecule has 138 valence electrons. The van der Waals surface area contributed by atoms with Crippen molar-refractivity contribution in [2.45, 2.75) is 12.5 Å². The lowest BCUT2D eigenvalue weighted by molar-refractivity contribution is -0.120. The number of carbonyl (C=O) groups excluding carboxylic acids is 3. The van der Waals surface area contributed by atoms with Crippen molar-refractivity contribution in [3.63, 3.8) is 0 Å². The minimum Gasteiger partial charge on any atom is -0.366 e. The molecule has 2 aromatic rings. The lowest BCUT2D eigenvalue weighted by atomic mass is 10.0. The number of primary amides is 1. The minimum absolute atomic E-state index is 0.0354. The van der Waals surface area contributed by atoms with Crippen LogP contribution in [0.25, 0.3) is 0 Å². The molecule has 0 aromatic heterocycles. The number of anilines is 1. The summed E-state index contributed by atoms with van der Waals surface area (Å²) in [6.45, 7) is 0. The van der Waals surface area contributed by atoms with Crippen molar-refractivity contribution in [2.24, 2.45) is 10.7 Å². The molecule has 0 radical (unpaired) electrons. The molecule has 0 spiro atoms. The van der Waals surface area contributed by atoms with E-state index in [9.17, 15) is 14.4 Å². The molecule has 0 bridgehead atoms. The Morgan fingerprint density at radius 1 is 1.15 bits per heavy atom. The Kier molecular flexibility index (Phi) is 5.87. The summed E-state index contributed by atoms with van der Waals surface area (Å²) in [5.41, 5.74) is 6.85. The summed E-state index contributed by atoms with van der Waals surface area (Å²) in [7, 11) is 0. The number of aliphatic imine (C=N–C) groups is 1. The van der Waals surface area contributed by atoms with Crippen LogP contribution in [-0.2, 0) is 9.59 Å². The molecule has 0 saturated heterocycles. The number of hydrogen-bond acceptors (Lipinski definition) is 5. The molecular formula is C19H18N4O3S. The molecule has 0 aliphatic carbocycles. The van der Waals surface area contributed by atoms with Gasteiger partial charge in [0.05, 0.1) is 29.5 Å². The second-order valence-corrected chi connectivity index (χ2v) is 6.82. The number of hydrogen-bond donors (Lipinski definition) is 3. The third-order valence-corrected chi connectivity index (χ3v) is 4.78. The number of rotatable bonds is 5. The normalized spacial score (nSPS) is 16.2. The van der Waals surface area contributed by atoms with Gasteiger partial charge in [0, 0.05) is 0 Å². The van der Waals surface area contributed by atoms with Gasteiger partial charge in [-0.25, -0.2) is 0 Å². The third kappa shape index (κ3) is 4.95. The largest absolute Gasteiger partial charge is 0.366 e. The van der Waals surface area contributed by atoms with Gasteiger partial charge in [-0.15, -0.1) is 0 Å². The number of nitrogens with two attached hydrogens (primary N) is 1. The Morgan fingerprint density at radius 2 is 1.85 bits per heavy atom. The molecule has 1 heterocycles. The van der Waals surface area contributed by atoms with Gasteiger partial charge in [0.2, 0.25) is 11.8 Å². The van der Waals surface area contributed by atoms with E-state index in [2.05, 4.69) is 15.6 Å². The van der Waals surface area contributed by atoms with Gasteiger partial charge in [-0.05, 0) is 17.7 Å². The Labute approximate surface area is 160 Å². The lowest BCUT2D eigenvalue weighted by Gasteiger charge is -2.20. The van der Waals surface area contributed by atoms with E-state index < -0.39 is 5.91 Å². The number of nitrogens with one attached hydrogen (secondary N) is 2. The molecule has 8 heteroatoms. The van der Waals surface area contributed by atoms with Gasteiger partial charge < -0.3 is 16.4 Å². The summed E-state index contributed by atoms with van der Waals surface area (Å²) in [4.78, 5) is 40.1. The van der Waals surface area contributed by atoms with Crippen molar-refractivity contribution in [1.29, 1.82) is 0 Å². The van der Waals surface area contributed by atoms with Crippen molar-refractivity contribution in [3.8, 4) is 0 Å². The molecule has 3 rings (SSSR count). The van der Waals surface area contributed by atoms with Gasteiger partial charge in [-0.3, -0.25) is 19.4 Å². The molecule has 0 fully saturated rings. The molecular weight excluding hydrogens is 364 g/mol. The molecule has 2 aromatic carbocycles. The van der Waals surface area contributed by atoms with Crippen molar-refractivity contribution in [2.75, 3.05) is 11.1 Å². The Hall–Kier alpha value is -3.13. The fourth-order valence-electron chi connectivity index (χ4n) is 2.63. The van der Waals surface area contributed by atoms with Crippen LogP contribution in [0.2, 0.25) is 0 Å². The van der Waals surface area contributed by atoms with Crippen molar-refractivity contribution < 1.29 is 14.4 Å². The number of amides is 3. The maximum atomic E-state index is 12.2. The summed E-state index contributed by atoms with van der Waals surface area (Å²) in [6.07, 6.45) is 0.270. The predicted molar refractivity (Wildman–Crippen MR) is 105 cm³/mol. The molecule has 1 aliphatic heterocycles. The first kappa shape index (κ1) is 18.7. The first-order valence-corrected chi connectivity index (χ1v) is 9.25. The first-order valence-electron chi connectivity index (χ1n) is 8.27. The molecule has 27 heavy (non-hydrogen) atoms. The van der Waals surface area contributed by atoms with E-state index in [0.717, 1.165) is 17.3 Å². The molecule has 3 amide bonds. The molecule has 4 N–H and O–H groups in total. The van der Waals surface area contributed by atoms with Crippen LogP contribution in [-0.4, -0.2) is 28.6 Å². The van der Waals surface area contributed by atoms with Crippen molar-refractivity contribution in [1.82, 2.24) is 5.32 Å². The van der Waals surface area contributed by atoms with E-state index in [0.29, 0.717) is 10.9 Å². The molecule has 1 atom stereocenters. The highest BCUT2D eigenvalue weighted by molar-refractivity contribution is 8.14. The number of benzene rings is 2. The maximum Gasteiger partial charge on any atom is 0.250 e. The van der Waals surface area contributed by atoms with E-state index in [1.54, 1.807) is 24.3 Å². The lowest BCUT2D eigenvalue weighted by Crippen LogP contribution is -2.35. The van der Waals surface area contributed by atoms with Gasteiger partial charge in [0.15, 0.2) is 5.17 Å². The Bertz CT molecular complexity index is 899. The molecule has 1 unspecified atom stereocenters. The maximum absolute atomic E-state index is 12.2. The quantitative estimate of drug-likeness (QED) is 0.734. The molecule has 0 saturated carbocycles. The van der Waals surface area contributed by atoms with E-state index >= 15 is 0 Å². The highest BCUT2D eigenvalue weighted by Crippen LogP contribution is 2.25. The van der Waals surface area contributed by atoms with Gasteiger partial charge in [-0.2, -0.15) is 0 Å². The third-order valence-electron chi connectivity index (χ3n) is 3.89. The topological polar surface area (TPSA) is 114 Å². The van der Waals surface area contributed by atoms with Gasteiger partial charge in [-0.1, -0.05) is 54.2 Å². The van der Waals surface area contributed by atoms with E-state index in [-0.39, 0.29) is 35.6 Å². The fourth-order valence-corrected chi connectivity index (χ4v) is 3.36. The van der Waals surface area contributed by atoms with E-state index in [4.69, 9.17) is 5.73 Å². The number of thioether (sulfide) groups is 1. The van der Waals surface area contributed by atoms with Crippen LogP contribution >= 0.6 is 11.8 Å². The highest BCUT2D eigenvalue weighted by atomic mass is 32.2. The van der Waals surface area contributed by atoms with Crippen LogP contribution in [0.15, 0.2) is 59.6 Å². The van der Waals surface area contributed by atoms with Crippen molar-refractivity contribution in [3.05, 3.63) is 65.7 Å². The van der Waals surface area contributed by atoms with Gasteiger partial charge >= 0.3 is 0 Å². The number of para-hydroxylation sites is 1. The summed E-state index contributed by atoms with van der Waals surface area (Å²) >= 11 is 1.13. The summed E-state index contributed by atoms with van der Waals surface area (Å²) in [5.74, 6) is -1.05. The zero-order valence-corrected chi connectivity index (χ0v) is 15.2. The second kappa shape index (κ2) is 8.50. The number of nitrogens with zero attached hydrogens (tertiary/aromatic N) is 1. The average Bonchev–Trinajstić information content (AvgIpc) is 2.67. The van der Waals surface area contributed by atoms with Gasteiger partial charge in [0.25, 0.3) is 5.91 Å². The van der Waals surface area contributed by atoms with Crippen LogP contribution in [0, 0.1) is 0 Å². The highest BCUT2D eigenvalue weighted by Gasteiger charge is 2.23. The number of amidine groups is 1. The standard InChI is InChI=1S/C19H18N4O3S/c20-18(26)13-8-4-5-9-14(13)21-17(25)11-27-19-22-15(10-16(24)23-19)12-6-2-1-3-7-12/h1-9,15H,10-11H2,(H2,20,26)(H,21,25)(H,22,23,24). The zero-order chi connectivity index (χ0) is 19.2. The second-order valence-electron chi connectivity index (χ2n) is 5.86. The SMILES string of the molecule is NC(=O)c1ccccc1NC(=O)CSC1=NC(c2ccccc2)CC(=O)N1. The monoisotopic (exact) mass is 382 g/mol. The van der Waals surface area contributed by atoms with E-state index in [1.165, 1.54) is 0 Å². The van der Waals surface area contributed by atoms with Crippen LogP contribution in [0.4, 0.5) is 5.69 Å². The van der Waals surface area contributed by atoms with Crippen LogP contribution in [0.1, 0.15) is 28.4 Å². The molecule has 7 nitrogen and oxygen atoms in total.